The summed E-state index contributed by atoms with van der Waals surface area (Å²) in [4.78, 5) is 66.7. The first kappa shape index (κ1) is 30.4. The summed E-state index contributed by atoms with van der Waals surface area (Å²) in [7, 11) is 0. The second-order valence-corrected chi connectivity index (χ2v) is 13.1. The molecule has 0 spiro atoms. The van der Waals surface area contributed by atoms with Gasteiger partial charge in [-0.2, -0.15) is 5.01 Å². The number of halogens is 4. The molecule has 5 rings (SSSR count). The van der Waals surface area contributed by atoms with Crippen LogP contribution in [-0.2, 0) is 9.59 Å². The number of hydrogen-bond donors (Lipinski definition) is 0. The molecular formula is C30H22Br2Cl2N2O6. The number of carbonyl (C=O) groups is 5. The molecule has 1 heterocycles. The number of amides is 3. The average molecular weight is 737 g/mol. The van der Waals surface area contributed by atoms with E-state index in [4.69, 9.17) is 27.9 Å². The van der Waals surface area contributed by atoms with Gasteiger partial charge < -0.3 is 4.74 Å². The fourth-order valence-electron chi connectivity index (χ4n) is 5.03. The van der Waals surface area contributed by atoms with Crippen molar-refractivity contribution < 1.29 is 28.7 Å². The molecule has 42 heavy (non-hydrogen) atoms. The molecule has 3 aromatic rings. The van der Waals surface area contributed by atoms with Gasteiger partial charge in [0.2, 0.25) is 0 Å². The van der Waals surface area contributed by atoms with Crippen LogP contribution in [0.15, 0.2) is 72.8 Å². The number of alkyl halides is 2. The Balaban J connectivity index is 1.41. The van der Waals surface area contributed by atoms with Crippen molar-refractivity contribution in [2.24, 2.45) is 11.8 Å². The minimum Gasteiger partial charge on any atom is -0.423 e. The van der Waals surface area contributed by atoms with Gasteiger partial charge in [0.1, 0.15) is 12.3 Å². The molecule has 4 atom stereocenters. The normalized spacial score (nSPS) is 21.6. The van der Waals surface area contributed by atoms with Gasteiger partial charge >= 0.3 is 5.97 Å². The molecule has 8 nitrogen and oxygen atoms in total. The zero-order valence-electron chi connectivity index (χ0n) is 21.7. The van der Waals surface area contributed by atoms with E-state index in [1.54, 1.807) is 30.3 Å². The predicted molar refractivity (Wildman–Crippen MR) is 163 cm³/mol. The van der Waals surface area contributed by atoms with Crippen molar-refractivity contribution in [2.45, 2.75) is 22.5 Å². The SMILES string of the molecule is O=C(CN(C(=O)c1ccc(Cl)cc1Cl)N1C(=O)[C@@H]2C[C@H](Br)[C@@H](Br)C[C@H]2C1=O)c1ccc(OC(=O)c2ccccc2)cc1. The van der Waals surface area contributed by atoms with Crippen LogP contribution in [0.3, 0.4) is 0 Å². The molecule has 1 aliphatic heterocycles. The molecule has 3 amide bonds. The standard InChI is InChI=1S/C30H22Br2Cl2N2O6/c31-23-13-21-22(14-24(23)32)29(40)36(28(21)39)35(27(38)20-11-8-18(33)12-25(20)34)15-26(37)16-6-9-19(10-7-16)42-30(41)17-4-2-1-3-5-17/h1-12,21-24H,13-15H2/t21-,22-,23+,24+/m1/s1. The van der Waals surface area contributed by atoms with Gasteiger partial charge in [0.05, 0.1) is 28.0 Å². The lowest BCUT2D eigenvalue weighted by molar-refractivity contribution is -0.154. The Kier molecular flexibility index (Phi) is 9.17. The summed E-state index contributed by atoms with van der Waals surface area (Å²) in [5.74, 6) is -4.09. The second kappa shape index (κ2) is 12.7. The summed E-state index contributed by atoms with van der Waals surface area (Å²) < 4.78 is 5.37. The largest absolute Gasteiger partial charge is 0.423 e. The van der Waals surface area contributed by atoms with Crippen molar-refractivity contribution in [3.63, 3.8) is 0 Å². The predicted octanol–water partition coefficient (Wildman–Crippen LogP) is 6.37. The Labute approximate surface area is 268 Å². The van der Waals surface area contributed by atoms with Crippen LogP contribution >= 0.6 is 55.1 Å². The van der Waals surface area contributed by atoms with Gasteiger partial charge in [-0.3, -0.25) is 19.2 Å². The molecule has 216 valence electrons. The number of rotatable bonds is 7. The van der Waals surface area contributed by atoms with Gasteiger partial charge in [0.25, 0.3) is 17.7 Å². The average Bonchev–Trinajstić information content (AvgIpc) is 3.20. The highest BCUT2D eigenvalue weighted by Crippen LogP contribution is 2.44. The molecule has 1 aliphatic carbocycles. The van der Waals surface area contributed by atoms with Crippen LogP contribution in [0.2, 0.25) is 10.0 Å². The zero-order valence-corrected chi connectivity index (χ0v) is 26.4. The Morgan fingerprint density at radius 2 is 1.43 bits per heavy atom. The molecule has 3 aromatic carbocycles. The first-order chi connectivity index (χ1) is 20.0. The van der Waals surface area contributed by atoms with E-state index in [0.29, 0.717) is 23.4 Å². The van der Waals surface area contributed by atoms with Crippen LogP contribution in [0.4, 0.5) is 0 Å². The van der Waals surface area contributed by atoms with Crippen LogP contribution in [0.1, 0.15) is 43.9 Å². The number of ether oxygens (including phenoxy) is 1. The monoisotopic (exact) mass is 734 g/mol. The van der Waals surface area contributed by atoms with Gasteiger partial charge in [-0.1, -0.05) is 73.3 Å². The third-order valence-corrected chi connectivity index (χ3v) is 10.5. The van der Waals surface area contributed by atoms with Crippen molar-refractivity contribution in [1.82, 2.24) is 10.0 Å². The lowest BCUT2D eigenvalue weighted by Gasteiger charge is -2.30. The highest BCUT2D eigenvalue weighted by molar-refractivity contribution is 9.12. The van der Waals surface area contributed by atoms with Crippen LogP contribution in [-0.4, -0.2) is 55.7 Å². The number of hydrazine groups is 1. The van der Waals surface area contributed by atoms with Gasteiger partial charge in [-0.05, 0) is 67.4 Å². The van der Waals surface area contributed by atoms with Gasteiger partial charge in [-0.25, -0.2) is 9.80 Å². The number of esters is 1. The van der Waals surface area contributed by atoms with E-state index in [9.17, 15) is 24.0 Å². The van der Waals surface area contributed by atoms with Gasteiger partial charge in [0.15, 0.2) is 5.78 Å². The van der Waals surface area contributed by atoms with Gasteiger partial charge in [0, 0.05) is 20.2 Å². The number of Topliss-reactive ketones (excluding diaryl/α,β-unsaturated/α-hetero) is 1. The van der Waals surface area contributed by atoms with Crippen LogP contribution in [0.5, 0.6) is 5.75 Å². The first-order valence-electron chi connectivity index (χ1n) is 12.9. The lowest BCUT2D eigenvalue weighted by Crippen LogP contribution is -2.52. The number of nitrogens with zero attached hydrogens (tertiary/aromatic N) is 2. The summed E-state index contributed by atoms with van der Waals surface area (Å²) in [6.45, 7) is -0.618. The highest BCUT2D eigenvalue weighted by Gasteiger charge is 2.54. The summed E-state index contributed by atoms with van der Waals surface area (Å²) >= 11 is 19.4. The van der Waals surface area contributed by atoms with E-state index in [1.165, 1.54) is 42.5 Å². The minimum absolute atomic E-state index is 0.00656. The second-order valence-electron chi connectivity index (χ2n) is 9.89. The Morgan fingerprint density at radius 1 is 0.833 bits per heavy atom. The zero-order chi connectivity index (χ0) is 30.1. The Bertz CT molecular complexity index is 1540. The van der Waals surface area contributed by atoms with Crippen molar-refractivity contribution in [3.05, 3.63) is 99.5 Å². The number of hydrogen-bond acceptors (Lipinski definition) is 6. The Morgan fingerprint density at radius 3 is 2.00 bits per heavy atom. The van der Waals surface area contributed by atoms with Crippen LogP contribution in [0.25, 0.3) is 0 Å². The topological polar surface area (TPSA) is 101 Å². The highest BCUT2D eigenvalue weighted by atomic mass is 79.9. The van der Waals surface area contributed by atoms with E-state index in [-0.39, 0.29) is 31.6 Å². The summed E-state index contributed by atoms with van der Waals surface area (Å²) in [5.41, 5.74) is 0.516. The maximum absolute atomic E-state index is 13.8. The summed E-state index contributed by atoms with van der Waals surface area (Å²) in [6.07, 6.45) is 0.783. The van der Waals surface area contributed by atoms with Crippen molar-refractivity contribution >= 4 is 84.5 Å². The number of carbonyl (C=O) groups excluding carboxylic acids is 5. The molecule has 12 heteroatoms. The molecule has 0 bridgehead atoms. The molecule has 1 saturated heterocycles. The van der Waals surface area contributed by atoms with E-state index >= 15 is 0 Å². The maximum Gasteiger partial charge on any atom is 0.343 e. The van der Waals surface area contributed by atoms with Crippen molar-refractivity contribution in [3.8, 4) is 5.75 Å². The third kappa shape index (κ3) is 6.17. The summed E-state index contributed by atoms with van der Waals surface area (Å²) in [6, 6.07) is 18.4. The fraction of sp³-hybridized carbons (Fsp3) is 0.233. The first-order valence-corrected chi connectivity index (χ1v) is 15.5. The number of fused-ring (bicyclic) bond motifs is 1. The molecule has 1 saturated carbocycles. The molecule has 2 fully saturated rings. The Hall–Kier alpha value is -3.05. The van der Waals surface area contributed by atoms with E-state index in [1.807, 2.05) is 0 Å². The molecule has 0 radical (unpaired) electrons. The minimum atomic E-state index is -0.801. The van der Waals surface area contributed by atoms with Crippen LogP contribution in [0, 0.1) is 11.8 Å². The summed E-state index contributed by atoms with van der Waals surface area (Å²) in [5, 5.41) is 1.95. The van der Waals surface area contributed by atoms with Crippen molar-refractivity contribution in [2.75, 3.05) is 6.54 Å². The molecular weight excluding hydrogens is 715 g/mol. The quantitative estimate of drug-likeness (QED) is 0.0919. The van der Waals surface area contributed by atoms with E-state index < -0.39 is 47.9 Å². The van der Waals surface area contributed by atoms with Gasteiger partial charge in [-0.15, -0.1) is 0 Å². The number of imide groups is 1. The lowest BCUT2D eigenvalue weighted by atomic mass is 9.81. The maximum atomic E-state index is 13.8. The molecule has 0 N–H and O–H groups in total. The van der Waals surface area contributed by atoms with Crippen molar-refractivity contribution in [1.29, 1.82) is 0 Å². The number of benzene rings is 3. The smallest absolute Gasteiger partial charge is 0.343 e. The molecule has 0 unspecified atom stereocenters. The fourth-order valence-corrected chi connectivity index (χ4v) is 6.75. The van der Waals surface area contributed by atoms with E-state index in [0.717, 1.165) is 10.0 Å². The number of ketones is 1. The molecule has 0 aromatic heterocycles. The van der Waals surface area contributed by atoms with Crippen LogP contribution < -0.4 is 4.74 Å². The molecule has 2 aliphatic rings. The third-order valence-electron chi connectivity index (χ3n) is 7.22. The van der Waals surface area contributed by atoms with E-state index in [2.05, 4.69) is 31.9 Å².